The van der Waals surface area contributed by atoms with Gasteiger partial charge in [-0.2, -0.15) is 0 Å². The van der Waals surface area contributed by atoms with Crippen LogP contribution in [0.25, 0.3) is 0 Å². The number of nitrogens with zero attached hydrogens (tertiary/aromatic N) is 4. The fourth-order valence-electron chi connectivity index (χ4n) is 0.815. The molecule has 0 N–H and O–H groups in total. The van der Waals surface area contributed by atoms with Crippen molar-refractivity contribution in [3.05, 3.63) is 30.5 Å². The second kappa shape index (κ2) is 2.53. The Hall–Kier alpha value is -1.65. The van der Waals surface area contributed by atoms with Crippen LogP contribution in [0.15, 0.2) is 29.1 Å². The van der Waals surface area contributed by atoms with Crippen LogP contribution in [0.3, 0.4) is 0 Å². The zero-order valence-electron chi connectivity index (χ0n) is 5.71. The Morgan fingerprint density at radius 3 is 3.18 bits per heavy atom. The molecule has 2 rings (SSSR count). The lowest BCUT2D eigenvalue weighted by Gasteiger charge is -1.92. The molecule has 0 bridgehead atoms. The Labute approximate surface area is 62.6 Å². The summed E-state index contributed by atoms with van der Waals surface area (Å²) in [6, 6.07) is 3.71. The summed E-state index contributed by atoms with van der Waals surface area (Å²) in [5, 5.41) is 10.7. The third kappa shape index (κ3) is 1.26. The molecule has 0 spiro atoms. The average molecular weight is 150 g/mol. The van der Waals surface area contributed by atoms with E-state index in [1.165, 1.54) is 0 Å². The lowest BCUT2D eigenvalue weighted by Crippen LogP contribution is -1.98. The number of hydrogen-bond donors (Lipinski definition) is 0. The predicted octanol–water partition coefficient (Wildman–Crippen LogP) is 0.314. The minimum Gasteiger partial charge on any atom is -0.467 e. The molecule has 0 saturated heterocycles. The fraction of sp³-hybridized carbons (Fsp3) is 0.167. The maximum atomic E-state index is 5.09. The van der Waals surface area contributed by atoms with Gasteiger partial charge < -0.3 is 4.42 Å². The first-order valence-electron chi connectivity index (χ1n) is 3.18. The highest BCUT2D eigenvalue weighted by molar-refractivity contribution is 4.97. The van der Waals surface area contributed by atoms with Crippen LogP contribution in [0.4, 0.5) is 0 Å². The van der Waals surface area contributed by atoms with E-state index in [0.29, 0.717) is 6.54 Å². The number of furan rings is 1. The van der Waals surface area contributed by atoms with Crippen molar-refractivity contribution in [2.24, 2.45) is 0 Å². The first-order chi connectivity index (χ1) is 5.45. The van der Waals surface area contributed by atoms with Crippen molar-refractivity contribution in [3.8, 4) is 0 Å². The summed E-state index contributed by atoms with van der Waals surface area (Å²) in [7, 11) is 0. The molecule has 0 fully saturated rings. The molecule has 5 nitrogen and oxygen atoms in total. The van der Waals surface area contributed by atoms with Gasteiger partial charge in [-0.15, -0.1) is 5.10 Å². The van der Waals surface area contributed by atoms with Crippen molar-refractivity contribution in [2.45, 2.75) is 6.54 Å². The molecule has 5 heteroatoms. The fourth-order valence-corrected chi connectivity index (χ4v) is 0.815. The third-order valence-corrected chi connectivity index (χ3v) is 1.29. The molecule has 0 aliphatic heterocycles. The van der Waals surface area contributed by atoms with Crippen molar-refractivity contribution in [1.82, 2.24) is 20.2 Å². The van der Waals surface area contributed by atoms with Gasteiger partial charge in [0.05, 0.1) is 6.26 Å². The van der Waals surface area contributed by atoms with E-state index < -0.39 is 0 Å². The molecular weight excluding hydrogens is 144 g/mol. The summed E-state index contributed by atoms with van der Waals surface area (Å²) in [6.07, 6.45) is 3.17. The van der Waals surface area contributed by atoms with Gasteiger partial charge in [-0.05, 0) is 22.6 Å². The highest BCUT2D eigenvalue weighted by Gasteiger charge is 1.96. The van der Waals surface area contributed by atoms with Crippen molar-refractivity contribution in [2.75, 3.05) is 0 Å². The lowest BCUT2D eigenvalue weighted by molar-refractivity contribution is 0.475. The van der Waals surface area contributed by atoms with Crippen molar-refractivity contribution in [1.29, 1.82) is 0 Å². The highest BCUT2D eigenvalue weighted by Crippen LogP contribution is 2.00. The number of rotatable bonds is 2. The number of hydrogen-bond acceptors (Lipinski definition) is 4. The van der Waals surface area contributed by atoms with Crippen LogP contribution >= 0.6 is 0 Å². The van der Waals surface area contributed by atoms with Crippen LogP contribution in [0.2, 0.25) is 0 Å². The van der Waals surface area contributed by atoms with Crippen LogP contribution in [0, 0.1) is 0 Å². The molecule has 0 aliphatic rings. The molecular formula is C6H6N4O. The van der Waals surface area contributed by atoms with E-state index in [1.54, 1.807) is 17.3 Å². The zero-order chi connectivity index (χ0) is 7.52. The quantitative estimate of drug-likeness (QED) is 0.618. The van der Waals surface area contributed by atoms with E-state index in [-0.39, 0.29) is 0 Å². The average Bonchev–Trinajstić information content (AvgIpc) is 2.60. The first kappa shape index (κ1) is 6.09. The van der Waals surface area contributed by atoms with E-state index >= 15 is 0 Å². The van der Waals surface area contributed by atoms with Crippen LogP contribution in [-0.4, -0.2) is 20.2 Å². The maximum absolute atomic E-state index is 5.09. The van der Waals surface area contributed by atoms with Gasteiger partial charge in [-0.25, -0.2) is 4.68 Å². The SMILES string of the molecule is c1coc(Cn2cnnn2)c1. The Balaban J connectivity index is 2.14. The number of tetrazole rings is 1. The Bertz CT molecular complexity index is 267. The smallest absolute Gasteiger partial charge is 0.138 e. The predicted molar refractivity (Wildman–Crippen MR) is 35.6 cm³/mol. The molecule has 2 aromatic rings. The molecule has 0 atom stereocenters. The van der Waals surface area contributed by atoms with E-state index in [9.17, 15) is 0 Å². The summed E-state index contributed by atoms with van der Waals surface area (Å²) in [6.45, 7) is 0.583. The highest BCUT2D eigenvalue weighted by atomic mass is 16.3. The Morgan fingerprint density at radius 2 is 2.55 bits per heavy atom. The van der Waals surface area contributed by atoms with E-state index in [4.69, 9.17) is 4.42 Å². The van der Waals surface area contributed by atoms with E-state index in [1.807, 2.05) is 12.1 Å². The summed E-state index contributed by atoms with van der Waals surface area (Å²) in [4.78, 5) is 0. The second-order valence-electron chi connectivity index (χ2n) is 2.09. The first-order valence-corrected chi connectivity index (χ1v) is 3.18. The molecule has 0 unspecified atom stereocenters. The number of aromatic nitrogens is 4. The van der Waals surface area contributed by atoms with Crippen LogP contribution in [-0.2, 0) is 6.54 Å². The molecule has 0 aromatic carbocycles. The minimum absolute atomic E-state index is 0.583. The van der Waals surface area contributed by atoms with Crippen molar-refractivity contribution >= 4 is 0 Å². The molecule has 0 amide bonds. The van der Waals surface area contributed by atoms with Gasteiger partial charge >= 0.3 is 0 Å². The molecule has 0 aliphatic carbocycles. The van der Waals surface area contributed by atoms with E-state index in [0.717, 1.165) is 5.76 Å². The van der Waals surface area contributed by atoms with Crippen molar-refractivity contribution < 1.29 is 4.42 Å². The van der Waals surface area contributed by atoms with Gasteiger partial charge in [0.15, 0.2) is 0 Å². The second-order valence-corrected chi connectivity index (χ2v) is 2.09. The summed E-state index contributed by atoms with van der Waals surface area (Å²) >= 11 is 0. The molecule has 2 aromatic heterocycles. The lowest BCUT2D eigenvalue weighted by atomic mass is 10.4. The van der Waals surface area contributed by atoms with E-state index in [2.05, 4.69) is 15.5 Å². The molecule has 0 saturated carbocycles. The van der Waals surface area contributed by atoms with Gasteiger partial charge in [0.25, 0.3) is 0 Å². The Morgan fingerprint density at radius 1 is 1.55 bits per heavy atom. The van der Waals surface area contributed by atoms with Gasteiger partial charge in [0.1, 0.15) is 18.6 Å². The largest absolute Gasteiger partial charge is 0.467 e. The summed E-state index contributed by atoms with van der Waals surface area (Å²) in [5.74, 6) is 0.845. The van der Waals surface area contributed by atoms with Gasteiger partial charge in [0, 0.05) is 0 Å². The summed E-state index contributed by atoms with van der Waals surface area (Å²) < 4.78 is 6.69. The molecule has 11 heavy (non-hydrogen) atoms. The Kier molecular flexibility index (Phi) is 1.40. The molecule has 2 heterocycles. The van der Waals surface area contributed by atoms with Crippen molar-refractivity contribution in [3.63, 3.8) is 0 Å². The third-order valence-electron chi connectivity index (χ3n) is 1.29. The summed E-state index contributed by atoms with van der Waals surface area (Å²) in [5.41, 5.74) is 0. The molecule has 0 radical (unpaired) electrons. The van der Waals surface area contributed by atoms with Crippen LogP contribution in [0.1, 0.15) is 5.76 Å². The van der Waals surface area contributed by atoms with Gasteiger partial charge in [0.2, 0.25) is 0 Å². The monoisotopic (exact) mass is 150 g/mol. The molecule has 56 valence electrons. The standard InChI is InChI=1S/C6H6N4O/c1-2-6(11-3-1)4-10-5-7-8-9-10/h1-3,5H,4H2. The normalized spacial score (nSPS) is 10.2. The van der Waals surface area contributed by atoms with Gasteiger partial charge in [-0.1, -0.05) is 0 Å². The van der Waals surface area contributed by atoms with Gasteiger partial charge in [-0.3, -0.25) is 0 Å². The topological polar surface area (TPSA) is 56.7 Å². The minimum atomic E-state index is 0.583. The van der Waals surface area contributed by atoms with Crippen LogP contribution in [0.5, 0.6) is 0 Å². The zero-order valence-corrected chi connectivity index (χ0v) is 5.71. The van der Waals surface area contributed by atoms with Crippen LogP contribution < -0.4 is 0 Å². The maximum Gasteiger partial charge on any atom is 0.138 e.